The van der Waals surface area contributed by atoms with Crippen LogP contribution in [0.15, 0.2) is 59.5 Å². The van der Waals surface area contributed by atoms with Gasteiger partial charge in [-0.1, -0.05) is 76.6 Å². The second kappa shape index (κ2) is 10.2. The van der Waals surface area contributed by atoms with Crippen molar-refractivity contribution in [2.75, 3.05) is 6.54 Å². The third-order valence-corrected chi connectivity index (χ3v) is 13.9. The van der Waals surface area contributed by atoms with E-state index in [9.17, 15) is 8.42 Å². The zero-order valence-electron chi connectivity index (χ0n) is 22.8. The van der Waals surface area contributed by atoms with E-state index in [2.05, 4.69) is 72.0 Å². The maximum Gasteiger partial charge on any atom is 0.250 e. The summed E-state index contributed by atoms with van der Waals surface area (Å²) in [5, 5.41) is 0.143. The molecule has 0 N–H and O–H groups in total. The Labute approximate surface area is 214 Å². The van der Waals surface area contributed by atoms with Crippen molar-refractivity contribution in [3.8, 4) is 5.75 Å². The minimum Gasteiger partial charge on any atom is -0.544 e. The van der Waals surface area contributed by atoms with E-state index in [-0.39, 0.29) is 16.5 Å². The van der Waals surface area contributed by atoms with E-state index in [1.165, 1.54) is 0 Å². The molecule has 0 aromatic heterocycles. The third-order valence-electron chi connectivity index (χ3n) is 7.56. The average molecular weight is 514 g/mol. The minimum atomic E-state index is -3.58. The summed E-state index contributed by atoms with van der Waals surface area (Å²) in [4.78, 5) is 0.369. The van der Waals surface area contributed by atoms with Crippen LogP contribution in [0.1, 0.15) is 65.0 Å². The van der Waals surface area contributed by atoms with E-state index >= 15 is 0 Å². The first-order chi connectivity index (χ1) is 16.1. The van der Waals surface area contributed by atoms with E-state index in [1.807, 2.05) is 31.2 Å². The predicted octanol–water partition coefficient (Wildman–Crippen LogP) is 7.66. The van der Waals surface area contributed by atoms with Crippen LogP contribution < -0.4 is 4.43 Å². The lowest BCUT2D eigenvalue weighted by molar-refractivity contribution is 0.282. The molecule has 0 radical (unpaired) electrons. The monoisotopic (exact) mass is 513 g/mol. The second-order valence-electron chi connectivity index (χ2n) is 12.3. The van der Waals surface area contributed by atoms with Crippen LogP contribution in [0.5, 0.6) is 5.75 Å². The summed E-state index contributed by atoms with van der Waals surface area (Å²) >= 11 is 0. The van der Waals surface area contributed by atoms with E-state index in [0.717, 1.165) is 36.1 Å². The van der Waals surface area contributed by atoms with Gasteiger partial charge in [0.15, 0.2) is 0 Å². The Kier molecular flexibility index (Phi) is 8.09. The standard InChI is InChI=1S/C29H43NO3SSi/c1-23-10-18-27(19-11-23)34(31,32)30-21-9-20-29(5,6)22-25(30)15-12-24-13-16-26(17-14-24)33-35(7,8)28(2,3)4/h10-19,25H,9,20-22H2,1-8H3/b15-12+. The minimum absolute atomic E-state index is 0.0768. The molecular formula is C29H43NO3SSi. The topological polar surface area (TPSA) is 46.6 Å². The van der Waals surface area contributed by atoms with E-state index < -0.39 is 18.3 Å². The molecular weight excluding hydrogens is 470 g/mol. The van der Waals surface area contributed by atoms with Gasteiger partial charge < -0.3 is 4.43 Å². The molecule has 1 aliphatic rings. The van der Waals surface area contributed by atoms with E-state index in [4.69, 9.17) is 4.43 Å². The predicted molar refractivity (Wildman–Crippen MR) is 150 cm³/mol. The lowest BCUT2D eigenvalue weighted by Gasteiger charge is -2.36. The zero-order valence-corrected chi connectivity index (χ0v) is 24.6. The van der Waals surface area contributed by atoms with Gasteiger partial charge in [-0.25, -0.2) is 8.42 Å². The third kappa shape index (κ3) is 6.87. The van der Waals surface area contributed by atoms with Crippen LogP contribution in [-0.2, 0) is 10.0 Å². The van der Waals surface area contributed by atoms with Crippen LogP contribution >= 0.6 is 0 Å². The molecule has 6 heteroatoms. The molecule has 2 aromatic rings. The molecule has 0 spiro atoms. The van der Waals surface area contributed by atoms with E-state index in [0.29, 0.717) is 11.4 Å². The molecule has 0 aliphatic carbocycles. The van der Waals surface area contributed by atoms with Crippen LogP contribution in [0.4, 0.5) is 0 Å². The summed E-state index contributed by atoms with van der Waals surface area (Å²) in [5.41, 5.74) is 2.17. The number of hydrogen-bond acceptors (Lipinski definition) is 3. The fourth-order valence-electron chi connectivity index (χ4n) is 4.27. The van der Waals surface area contributed by atoms with Crippen molar-refractivity contribution in [1.29, 1.82) is 0 Å². The first-order valence-corrected chi connectivity index (χ1v) is 17.0. The van der Waals surface area contributed by atoms with Crippen LogP contribution in [-0.4, -0.2) is 33.6 Å². The lowest BCUT2D eigenvalue weighted by Crippen LogP contribution is -2.43. The molecule has 0 bridgehead atoms. The maximum atomic E-state index is 13.6. The van der Waals surface area contributed by atoms with Crippen LogP contribution in [0.25, 0.3) is 6.08 Å². The highest BCUT2D eigenvalue weighted by Gasteiger charge is 2.39. The highest BCUT2D eigenvalue weighted by Crippen LogP contribution is 2.38. The molecule has 2 aromatic carbocycles. The van der Waals surface area contributed by atoms with Gasteiger partial charge in [0.1, 0.15) is 5.75 Å². The summed E-state index contributed by atoms with van der Waals surface area (Å²) in [5.74, 6) is 0.896. The molecule has 1 fully saturated rings. The van der Waals surface area contributed by atoms with Gasteiger partial charge in [-0.3, -0.25) is 0 Å². The molecule has 35 heavy (non-hydrogen) atoms. The molecule has 192 valence electrons. The SMILES string of the molecule is Cc1ccc(S(=O)(=O)N2CCCC(C)(C)CC2/C=C/c2ccc(O[Si](C)(C)C(C)(C)C)cc2)cc1. The summed E-state index contributed by atoms with van der Waals surface area (Å²) in [6.07, 6.45) is 6.79. The van der Waals surface area contributed by atoms with Crippen LogP contribution in [0.2, 0.25) is 18.1 Å². The van der Waals surface area contributed by atoms with Crippen molar-refractivity contribution >= 4 is 24.4 Å². The number of rotatable bonds is 6. The highest BCUT2D eigenvalue weighted by atomic mass is 32.2. The molecule has 0 saturated carbocycles. The fraction of sp³-hybridized carbons (Fsp3) is 0.517. The quantitative estimate of drug-likeness (QED) is 0.372. The molecule has 4 nitrogen and oxygen atoms in total. The second-order valence-corrected chi connectivity index (χ2v) is 18.9. The summed E-state index contributed by atoms with van der Waals surface area (Å²) < 4.78 is 35.4. The van der Waals surface area contributed by atoms with Crippen LogP contribution in [0.3, 0.4) is 0 Å². The van der Waals surface area contributed by atoms with Gasteiger partial charge in [-0.05, 0) is 79.6 Å². The summed E-state index contributed by atoms with van der Waals surface area (Å²) in [6, 6.07) is 15.2. The van der Waals surface area contributed by atoms with Crippen molar-refractivity contribution in [1.82, 2.24) is 4.31 Å². The number of aryl methyl sites for hydroxylation is 1. The molecule has 1 saturated heterocycles. The zero-order chi connectivity index (χ0) is 26.1. The molecule has 0 amide bonds. The molecule has 3 rings (SSSR count). The molecule has 1 heterocycles. The van der Waals surface area contributed by atoms with Gasteiger partial charge in [0.05, 0.1) is 4.90 Å². The van der Waals surface area contributed by atoms with E-state index in [1.54, 1.807) is 16.4 Å². The van der Waals surface area contributed by atoms with Crippen LogP contribution in [0, 0.1) is 12.3 Å². The van der Waals surface area contributed by atoms with Gasteiger partial charge in [-0.2, -0.15) is 4.31 Å². The molecule has 1 unspecified atom stereocenters. The fourth-order valence-corrected chi connectivity index (χ4v) is 6.93. The number of nitrogens with zero attached hydrogens (tertiary/aromatic N) is 1. The first-order valence-electron chi connectivity index (χ1n) is 12.7. The summed E-state index contributed by atoms with van der Waals surface area (Å²) in [7, 11) is -5.47. The Balaban J connectivity index is 1.85. The number of sulfonamides is 1. The van der Waals surface area contributed by atoms with Crippen molar-refractivity contribution in [2.45, 2.75) is 89.9 Å². The van der Waals surface area contributed by atoms with Gasteiger partial charge in [0, 0.05) is 12.6 Å². The van der Waals surface area contributed by atoms with Crippen molar-refractivity contribution < 1.29 is 12.8 Å². The van der Waals surface area contributed by atoms with Crippen molar-refractivity contribution in [3.63, 3.8) is 0 Å². The number of hydrogen-bond donors (Lipinski definition) is 0. The van der Waals surface area contributed by atoms with Crippen molar-refractivity contribution in [2.24, 2.45) is 5.41 Å². The van der Waals surface area contributed by atoms with Gasteiger partial charge in [0.25, 0.3) is 0 Å². The molecule has 1 aliphatic heterocycles. The Bertz CT molecular complexity index is 1130. The Hall–Kier alpha value is -1.89. The van der Waals surface area contributed by atoms with Crippen molar-refractivity contribution in [3.05, 3.63) is 65.7 Å². The van der Waals surface area contributed by atoms with Gasteiger partial charge in [-0.15, -0.1) is 0 Å². The number of benzene rings is 2. The Morgan fingerprint density at radius 3 is 2.20 bits per heavy atom. The Morgan fingerprint density at radius 2 is 1.63 bits per heavy atom. The lowest BCUT2D eigenvalue weighted by atomic mass is 9.83. The smallest absolute Gasteiger partial charge is 0.250 e. The largest absolute Gasteiger partial charge is 0.544 e. The normalized spacial score (nSPS) is 20.1. The van der Waals surface area contributed by atoms with Gasteiger partial charge in [0.2, 0.25) is 18.3 Å². The molecule has 1 atom stereocenters. The Morgan fingerprint density at radius 1 is 1.03 bits per heavy atom. The highest BCUT2D eigenvalue weighted by molar-refractivity contribution is 7.89. The average Bonchev–Trinajstić information content (AvgIpc) is 2.90. The van der Waals surface area contributed by atoms with Gasteiger partial charge >= 0.3 is 0 Å². The first kappa shape index (κ1) is 27.7. The maximum absolute atomic E-state index is 13.6. The summed E-state index contributed by atoms with van der Waals surface area (Å²) in [6.45, 7) is 18.2.